The third-order valence-corrected chi connectivity index (χ3v) is 4.95. The van der Waals surface area contributed by atoms with Crippen LogP contribution in [0.15, 0.2) is 59.5 Å². The van der Waals surface area contributed by atoms with E-state index in [-0.39, 0.29) is 17.1 Å². The topological polar surface area (TPSA) is 46.6 Å². The number of hydrogen-bond donors (Lipinski definition) is 0. The van der Waals surface area contributed by atoms with Crippen molar-refractivity contribution < 1.29 is 14.3 Å². The molecule has 2 amide bonds. The number of carbonyl (C=O) groups excluding carboxylic acids is 2. The van der Waals surface area contributed by atoms with Gasteiger partial charge in [-0.05, 0) is 36.8 Å². The van der Waals surface area contributed by atoms with Crippen molar-refractivity contribution in [3.05, 3.63) is 65.1 Å². The molecule has 0 unspecified atom stereocenters. The first kappa shape index (κ1) is 18.3. The average Bonchev–Trinajstić information content (AvgIpc) is 2.86. The van der Waals surface area contributed by atoms with Crippen LogP contribution in [0.5, 0.6) is 5.75 Å². The van der Waals surface area contributed by atoms with Crippen LogP contribution in [-0.4, -0.2) is 23.7 Å². The lowest BCUT2D eigenvalue weighted by Crippen LogP contribution is -2.31. The SMILES string of the molecule is CCOc1ccc(C2=C(SC(C)C)C(=O)N(c3ccccc3)C2=O)cc1. The fraction of sp³-hybridized carbons (Fsp3) is 0.238. The molecule has 4 nitrogen and oxygen atoms in total. The summed E-state index contributed by atoms with van der Waals surface area (Å²) in [7, 11) is 0. The fourth-order valence-corrected chi connectivity index (χ4v) is 3.79. The van der Waals surface area contributed by atoms with Crippen molar-refractivity contribution in [2.75, 3.05) is 11.5 Å². The Kier molecular flexibility index (Phi) is 5.47. The van der Waals surface area contributed by atoms with Crippen LogP contribution in [0.25, 0.3) is 5.57 Å². The average molecular weight is 367 g/mol. The van der Waals surface area contributed by atoms with Gasteiger partial charge < -0.3 is 4.74 Å². The summed E-state index contributed by atoms with van der Waals surface area (Å²) in [6.07, 6.45) is 0. The Morgan fingerprint density at radius 3 is 2.19 bits per heavy atom. The summed E-state index contributed by atoms with van der Waals surface area (Å²) in [5.41, 5.74) is 1.78. The first-order valence-corrected chi connectivity index (χ1v) is 9.49. The van der Waals surface area contributed by atoms with E-state index in [0.29, 0.717) is 22.8 Å². The summed E-state index contributed by atoms with van der Waals surface area (Å²) in [5.74, 6) is 0.198. The number of nitrogens with zero attached hydrogens (tertiary/aromatic N) is 1. The van der Waals surface area contributed by atoms with Crippen molar-refractivity contribution >= 4 is 34.8 Å². The Morgan fingerprint density at radius 2 is 1.62 bits per heavy atom. The minimum Gasteiger partial charge on any atom is -0.494 e. The van der Waals surface area contributed by atoms with E-state index in [1.54, 1.807) is 12.1 Å². The minimum atomic E-state index is -0.284. The van der Waals surface area contributed by atoms with E-state index in [4.69, 9.17) is 4.74 Å². The molecule has 0 radical (unpaired) electrons. The number of rotatable bonds is 6. The molecule has 0 aromatic heterocycles. The number of carbonyl (C=O) groups is 2. The molecule has 1 aliphatic rings. The number of anilines is 1. The van der Waals surface area contributed by atoms with E-state index in [2.05, 4.69) is 0 Å². The van der Waals surface area contributed by atoms with E-state index in [9.17, 15) is 9.59 Å². The minimum absolute atomic E-state index is 0.190. The van der Waals surface area contributed by atoms with Crippen LogP contribution in [0.2, 0.25) is 0 Å². The number of ether oxygens (including phenoxy) is 1. The summed E-state index contributed by atoms with van der Waals surface area (Å²) >= 11 is 1.43. The normalized spacial score (nSPS) is 14.5. The highest BCUT2D eigenvalue weighted by Crippen LogP contribution is 2.40. The van der Waals surface area contributed by atoms with E-state index < -0.39 is 0 Å². The van der Waals surface area contributed by atoms with Crippen LogP contribution >= 0.6 is 11.8 Å². The number of imide groups is 1. The third kappa shape index (κ3) is 3.53. The van der Waals surface area contributed by atoms with Crippen molar-refractivity contribution in [1.82, 2.24) is 0 Å². The molecule has 5 heteroatoms. The largest absolute Gasteiger partial charge is 0.494 e. The van der Waals surface area contributed by atoms with Crippen molar-refractivity contribution in [2.24, 2.45) is 0 Å². The van der Waals surface area contributed by atoms with Gasteiger partial charge in [0.25, 0.3) is 11.8 Å². The smallest absolute Gasteiger partial charge is 0.272 e. The number of hydrogen-bond acceptors (Lipinski definition) is 4. The van der Waals surface area contributed by atoms with Gasteiger partial charge in [-0.15, -0.1) is 11.8 Å². The molecule has 134 valence electrons. The van der Waals surface area contributed by atoms with E-state index >= 15 is 0 Å². The van der Waals surface area contributed by atoms with Gasteiger partial charge in [-0.3, -0.25) is 9.59 Å². The van der Waals surface area contributed by atoms with E-state index in [1.807, 2.05) is 63.2 Å². The summed E-state index contributed by atoms with van der Waals surface area (Å²) in [6, 6.07) is 16.4. The molecule has 2 aromatic rings. The second-order valence-electron chi connectivity index (χ2n) is 6.11. The molecule has 0 fully saturated rings. The van der Waals surface area contributed by atoms with Gasteiger partial charge in [0.05, 0.1) is 22.8 Å². The van der Waals surface area contributed by atoms with Gasteiger partial charge >= 0.3 is 0 Å². The van der Waals surface area contributed by atoms with Crippen LogP contribution in [0, 0.1) is 0 Å². The lowest BCUT2D eigenvalue weighted by Gasteiger charge is -2.15. The molecule has 1 heterocycles. The van der Waals surface area contributed by atoms with Crippen LogP contribution in [0.3, 0.4) is 0 Å². The maximum Gasteiger partial charge on any atom is 0.272 e. The number of amides is 2. The van der Waals surface area contributed by atoms with Gasteiger partial charge in [-0.1, -0.05) is 44.2 Å². The molecule has 0 saturated heterocycles. The molecule has 0 N–H and O–H groups in total. The highest BCUT2D eigenvalue weighted by molar-refractivity contribution is 8.04. The number of thioether (sulfide) groups is 1. The molecule has 0 spiro atoms. The zero-order valence-corrected chi connectivity index (χ0v) is 15.9. The van der Waals surface area contributed by atoms with Gasteiger partial charge in [0.15, 0.2) is 0 Å². The second kappa shape index (κ2) is 7.79. The lowest BCUT2D eigenvalue weighted by molar-refractivity contribution is -0.119. The van der Waals surface area contributed by atoms with Crippen LogP contribution in [0.1, 0.15) is 26.3 Å². The molecule has 0 saturated carbocycles. The fourth-order valence-electron chi connectivity index (χ4n) is 2.81. The van der Waals surface area contributed by atoms with Crippen LogP contribution in [-0.2, 0) is 9.59 Å². The molecule has 0 aliphatic carbocycles. The Bertz CT molecular complexity index is 841. The van der Waals surface area contributed by atoms with Gasteiger partial charge in [-0.2, -0.15) is 0 Å². The maximum absolute atomic E-state index is 13.1. The predicted molar refractivity (Wildman–Crippen MR) is 106 cm³/mol. The summed E-state index contributed by atoms with van der Waals surface area (Å²) in [6.45, 7) is 6.52. The molecule has 1 aliphatic heterocycles. The van der Waals surface area contributed by atoms with Crippen molar-refractivity contribution in [3.63, 3.8) is 0 Å². The molecule has 26 heavy (non-hydrogen) atoms. The molecular weight excluding hydrogens is 346 g/mol. The summed E-state index contributed by atoms with van der Waals surface area (Å²) in [4.78, 5) is 27.9. The summed E-state index contributed by atoms with van der Waals surface area (Å²) in [5, 5.41) is 0.190. The predicted octanol–water partition coefficient (Wildman–Crippen LogP) is 4.51. The van der Waals surface area contributed by atoms with Crippen LogP contribution < -0.4 is 9.64 Å². The zero-order valence-electron chi connectivity index (χ0n) is 15.1. The Labute approximate surface area is 157 Å². The van der Waals surface area contributed by atoms with Crippen molar-refractivity contribution in [2.45, 2.75) is 26.0 Å². The summed E-state index contributed by atoms with van der Waals surface area (Å²) < 4.78 is 5.47. The number of para-hydroxylation sites is 1. The first-order valence-electron chi connectivity index (χ1n) is 8.61. The quantitative estimate of drug-likeness (QED) is 0.705. The van der Waals surface area contributed by atoms with Gasteiger partial charge in [0, 0.05) is 5.25 Å². The van der Waals surface area contributed by atoms with Crippen molar-refractivity contribution in [1.29, 1.82) is 0 Å². The monoisotopic (exact) mass is 367 g/mol. The molecule has 0 bridgehead atoms. The van der Waals surface area contributed by atoms with Crippen molar-refractivity contribution in [3.8, 4) is 5.75 Å². The molecule has 0 atom stereocenters. The van der Waals surface area contributed by atoms with E-state index in [0.717, 1.165) is 11.3 Å². The third-order valence-electron chi connectivity index (χ3n) is 3.86. The molecular formula is C21H21NO3S. The van der Waals surface area contributed by atoms with E-state index in [1.165, 1.54) is 16.7 Å². The standard InChI is InChI=1S/C21H21NO3S/c1-4-25-17-12-10-15(11-13-17)18-19(26-14(2)3)21(24)22(20(18)23)16-8-6-5-7-9-16/h5-14H,4H2,1-3H3. The molecule has 3 rings (SSSR count). The van der Waals surface area contributed by atoms with Gasteiger partial charge in [0.1, 0.15) is 5.75 Å². The molecule has 2 aromatic carbocycles. The lowest BCUT2D eigenvalue weighted by atomic mass is 10.1. The Hall–Kier alpha value is -2.53. The zero-order chi connectivity index (χ0) is 18.7. The van der Waals surface area contributed by atoms with Gasteiger partial charge in [-0.25, -0.2) is 4.90 Å². The number of benzene rings is 2. The Balaban J connectivity index is 2.04. The van der Waals surface area contributed by atoms with Gasteiger partial charge in [0.2, 0.25) is 0 Å². The maximum atomic E-state index is 13.1. The second-order valence-corrected chi connectivity index (χ2v) is 7.70. The first-order chi connectivity index (χ1) is 12.5. The Morgan fingerprint density at radius 1 is 0.962 bits per heavy atom. The highest BCUT2D eigenvalue weighted by Gasteiger charge is 2.40. The van der Waals surface area contributed by atoms with Crippen LogP contribution in [0.4, 0.5) is 5.69 Å². The highest BCUT2D eigenvalue weighted by atomic mass is 32.2.